The molecule has 0 aliphatic carbocycles. The lowest BCUT2D eigenvalue weighted by atomic mass is 10.1. The minimum atomic E-state index is -0.310. The number of nitrogens with two attached hydrogens (primary N) is 1. The van der Waals surface area contributed by atoms with Crippen molar-refractivity contribution in [1.82, 2.24) is 15.0 Å². The summed E-state index contributed by atoms with van der Waals surface area (Å²) in [6, 6.07) is 0.221. The molecule has 1 heterocycles. The van der Waals surface area contributed by atoms with Crippen LogP contribution in [0, 0.1) is 0 Å². The number of nitrogens with one attached hydrogen (secondary N) is 1. The number of nitrogen functional groups attached to an aromatic ring is 1. The number of aromatic nitrogens is 3. The fraction of sp³-hybridized carbons (Fsp3) is 0.750. The van der Waals surface area contributed by atoms with Gasteiger partial charge in [0, 0.05) is 13.2 Å². The second-order valence-corrected chi connectivity index (χ2v) is 5.01. The molecule has 0 radical (unpaired) electrons. The van der Waals surface area contributed by atoms with Crippen LogP contribution in [0.4, 0.5) is 11.9 Å². The topological polar surface area (TPSA) is 95.2 Å². The maximum absolute atomic E-state index is 5.62. The van der Waals surface area contributed by atoms with Crippen molar-refractivity contribution in [2.24, 2.45) is 0 Å². The van der Waals surface area contributed by atoms with Crippen molar-refractivity contribution in [2.75, 3.05) is 24.2 Å². The number of ether oxygens (including phenoxy) is 2. The fourth-order valence-corrected chi connectivity index (χ4v) is 1.45. The van der Waals surface area contributed by atoms with Crippen LogP contribution in [0.15, 0.2) is 0 Å². The van der Waals surface area contributed by atoms with Gasteiger partial charge >= 0.3 is 6.01 Å². The zero-order valence-corrected chi connectivity index (χ0v) is 12.2. The van der Waals surface area contributed by atoms with E-state index in [9.17, 15) is 0 Å². The first-order valence-electron chi connectivity index (χ1n) is 6.38. The van der Waals surface area contributed by atoms with Crippen molar-refractivity contribution in [3.8, 4) is 6.01 Å². The van der Waals surface area contributed by atoms with Gasteiger partial charge in [0.1, 0.15) is 0 Å². The number of hydrogen-bond acceptors (Lipinski definition) is 7. The molecule has 7 heteroatoms. The molecule has 1 rings (SSSR count). The van der Waals surface area contributed by atoms with Gasteiger partial charge in [-0.1, -0.05) is 0 Å². The van der Waals surface area contributed by atoms with E-state index in [-0.39, 0.29) is 23.7 Å². The highest BCUT2D eigenvalue weighted by molar-refractivity contribution is 5.32. The van der Waals surface area contributed by atoms with Gasteiger partial charge in [0.25, 0.3) is 0 Å². The van der Waals surface area contributed by atoms with E-state index < -0.39 is 0 Å². The lowest BCUT2D eigenvalue weighted by molar-refractivity contribution is 0.000562. The van der Waals surface area contributed by atoms with E-state index in [4.69, 9.17) is 15.2 Å². The van der Waals surface area contributed by atoms with E-state index in [1.165, 1.54) is 0 Å². The number of rotatable bonds is 7. The van der Waals surface area contributed by atoms with Gasteiger partial charge in [-0.15, -0.1) is 0 Å². The highest BCUT2D eigenvalue weighted by Gasteiger charge is 2.18. The summed E-state index contributed by atoms with van der Waals surface area (Å²) in [4.78, 5) is 12.1. The highest BCUT2D eigenvalue weighted by Crippen LogP contribution is 2.13. The first-order valence-corrected chi connectivity index (χ1v) is 6.38. The molecule has 19 heavy (non-hydrogen) atoms. The highest BCUT2D eigenvalue weighted by atomic mass is 16.5. The molecule has 1 aromatic heterocycles. The molecule has 7 nitrogen and oxygen atoms in total. The summed E-state index contributed by atoms with van der Waals surface area (Å²) in [5, 5.41) is 3.08. The monoisotopic (exact) mass is 269 g/mol. The Morgan fingerprint density at radius 3 is 2.53 bits per heavy atom. The van der Waals surface area contributed by atoms with Crippen LogP contribution in [-0.2, 0) is 4.74 Å². The molecule has 1 aromatic rings. The number of hydrogen-bond donors (Lipinski definition) is 2. The lowest BCUT2D eigenvalue weighted by Gasteiger charge is -2.24. The van der Waals surface area contributed by atoms with E-state index in [1.54, 1.807) is 0 Å². The molecule has 0 spiro atoms. The molecule has 0 aliphatic heterocycles. The van der Waals surface area contributed by atoms with Gasteiger partial charge in [-0.3, -0.25) is 0 Å². The second-order valence-electron chi connectivity index (χ2n) is 5.01. The van der Waals surface area contributed by atoms with Gasteiger partial charge in [-0.25, -0.2) is 0 Å². The number of anilines is 2. The molecule has 0 aliphatic rings. The summed E-state index contributed by atoms with van der Waals surface area (Å²) >= 11 is 0. The Hall–Kier alpha value is -1.63. The lowest BCUT2D eigenvalue weighted by Crippen LogP contribution is -2.34. The van der Waals surface area contributed by atoms with Crippen LogP contribution in [0.5, 0.6) is 6.01 Å². The van der Waals surface area contributed by atoms with Crippen molar-refractivity contribution in [2.45, 2.75) is 46.3 Å². The van der Waals surface area contributed by atoms with Crippen LogP contribution < -0.4 is 15.8 Å². The third-order valence-electron chi connectivity index (χ3n) is 2.18. The van der Waals surface area contributed by atoms with Gasteiger partial charge < -0.3 is 20.5 Å². The zero-order valence-electron chi connectivity index (χ0n) is 12.2. The third-order valence-corrected chi connectivity index (χ3v) is 2.18. The van der Waals surface area contributed by atoms with Crippen molar-refractivity contribution < 1.29 is 9.47 Å². The van der Waals surface area contributed by atoms with E-state index >= 15 is 0 Å². The standard InChI is InChI=1S/C12H23N5O2/c1-6-18-12(4,5)7-14-10-15-9(13)16-11(17-10)19-8(2)3/h8H,6-7H2,1-5H3,(H3,13,14,15,16,17). The van der Waals surface area contributed by atoms with Gasteiger partial charge in [0.15, 0.2) is 0 Å². The molecule has 0 aromatic carbocycles. The molecule has 0 fully saturated rings. The molecule has 0 saturated heterocycles. The quantitative estimate of drug-likeness (QED) is 0.773. The predicted octanol–water partition coefficient (Wildman–Crippen LogP) is 1.47. The third kappa shape index (κ3) is 5.69. The number of nitrogens with zero attached hydrogens (tertiary/aromatic N) is 3. The van der Waals surface area contributed by atoms with Gasteiger partial charge in [-0.05, 0) is 34.6 Å². The van der Waals surface area contributed by atoms with E-state index in [0.717, 1.165) is 0 Å². The van der Waals surface area contributed by atoms with Crippen molar-refractivity contribution >= 4 is 11.9 Å². The van der Waals surface area contributed by atoms with Crippen LogP contribution in [-0.4, -0.2) is 39.8 Å². The molecular weight excluding hydrogens is 246 g/mol. The van der Waals surface area contributed by atoms with Crippen molar-refractivity contribution in [1.29, 1.82) is 0 Å². The van der Waals surface area contributed by atoms with Crippen molar-refractivity contribution in [3.63, 3.8) is 0 Å². The summed E-state index contributed by atoms with van der Waals surface area (Å²) < 4.78 is 11.0. The summed E-state index contributed by atoms with van der Waals surface area (Å²) in [5.41, 5.74) is 5.31. The summed E-state index contributed by atoms with van der Waals surface area (Å²) in [5.74, 6) is 0.512. The van der Waals surface area contributed by atoms with E-state index in [2.05, 4.69) is 20.3 Å². The molecule has 0 saturated carbocycles. The second kappa shape index (κ2) is 6.51. The zero-order chi connectivity index (χ0) is 14.5. The van der Waals surface area contributed by atoms with Crippen LogP contribution in [0.1, 0.15) is 34.6 Å². The SMILES string of the molecule is CCOC(C)(C)CNc1nc(N)nc(OC(C)C)n1. The molecule has 0 bridgehead atoms. The minimum Gasteiger partial charge on any atom is -0.461 e. The maximum Gasteiger partial charge on any atom is 0.323 e. The Kier molecular flexibility index (Phi) is 5.29. The summed E-state index contributed by atoms with van der Waals surface area (Å²) in [6.45, 7) is 10.9. The van der Waals surface area contributed by atoms with Gasteiger partial charge in [0.05, 0.1) is 11.7 Å². The first kappa shape index (κ1) is 15.4. The van der Waals surface area contributed by atoms with Gasteiger partial charge in [0.2, 0.25) is 11.9 Å². The molecule has 0 atom stereocenters. The summed E-state index contributed by atoms with van der Waals surface area (Å²) in [6.07, 6.45) is -0.0190. The largest absolute Gasteiger partial charge is 0.461 e. The maximum atomic E-state index is 5.62. The van der Waals surface area contributed by atoms with Crippen LogP contribution in [0.2, 0.25) is 0 Å². The van der Waals surface area contributed by atoms with Crippen molar-refractivity contribution in [3.05, 3.63) is 0 Å². The first-order chi connectivity index (χ1) is 8.82. The summed E-state index contributed by atoms with van der Waals surface area (Å²) in [7, 11) is 0. The van der Waals surface area contributed by atoms with Crippen LogP contribution >= 0.6 is 0 Å². The molecular formula is C12H23N5O2. The van der Waals surface area contributed by atoms with E-state index in [1.807, 2.05) is 34.6 Å². The molecule has 0 amide bonds. The van der Waals surface area contributed by atoms with Crippen LogP contribution in [0.3, 0.4) is 0 Å². The van der Waals surface area contributed by atoms with E-state index in [0.29, 0.717) is 19.1 Å². The molecule has 3 N–H and O–H groups in total. The Balaban J connectivity index is 2.70. The Bertz CT molecular complexity index is 409. The average Bonchev–Trinajstić information content (AvgIpc) is 2.24. The average molecular weight is 269 g/mol. The minimum absolute atomic E-state index is 0.0190. The molecule has 108 valence electrons. The van der Waals surface area contributed by atoms with Crippen LogP contribution in [0.25, 0.3) is 0 Å². The normalized spacial score (nSPS) is 11.7. The molecule has 0 unspecified atom stereocenters. The Morgan fingerprint density at radius 1 is 1.26 bits per heavy atom. The van der Waals surface area contributed by atoms with Gasteiger partial charge in [-0.2, -0.15) is 15.0 Å². The predicted molar refractivity (Wildman–Crippen MR) is 74.2 cm³/mol. The smallest absolute Gasteiger partial charge is 0.323 e. The Morgan fingerprint density at radius 2 is 1.95 bits per heavy atom. The fourth-order valence-electron chi connectivity index (χ4n) is 1.45. The Labute approximate surface area is 113 Å².